The van der Waals surface area contributed by atoms with Crippen LogP contribution >= 0.6 is 0 Å². The summed E-state index contributed by atoms with van der Waals surface area (Å²) in [6.07, 6.45) is 2.61. The van der Waals surface area contributed by atoms with Gasteiger partial charge in [-0.15, -0.1) is 0 Å². The van der Waals surface area contributed by atoms with Crippen molar-refractivity contribution in [2.45, 2.75) is 90.5 Å². The predicted molar refractivity (Wildman–Crippen MR) is 156 cm³/mol. The molecule has 0 saturated carbocycles. The van der Waals surface area contributed by atoms with Crippen LogP contribution in [0.1, 0.15) is 67.2 Å². The van der Waals surface area contributed by atoms with Gasteiger partial charge in [-0.1, -0.05) is 12.1 Å². The van der Waals surface area contributed by atoms with Crippen molar-refractivity contribution < 1.29 is 38.1 Å². The quantitative estimate of drug-likeness (QED) is 0.425. The third-order valence-corrected chi connectivity index (χ3v) is 7.01. The molecule has 4 rings (SSSR count). The first-order chi connectivity index (χ1) is 19.7. The van der Waals surface area contributed by atoms with Crippen molar-refractivity contribution in [1.82, 2.24) is 9.80 Å². The van der Waals surface area contributed by atoms with Gasteiger partial charge in [0, 0.05) is 13.1 Å². The molecule has 2 heterocycles. The number of rotatable bonds is 8. The van der Waals surface area contributed by atoms with Crippen LogP contribution in [0.3, 0.4) is 0 Å². The van der Waals surface area contributed by atoms with E-state index in [9.17, 15) is 19.2 Å². The van der Waals surface area contributed by atoms with E-state index >= 15 is 0 Å². The Bertz CT molecular complexity index is 1230. The van der Waals surface area contributed by atoms with Gasteiger partial charge < -0.3 is 28.7 Å². The molecule has 42 heavy (non-hydrogen) atoms. The van der Waals surface area contributed by atoms with Gasteiger partial charge in [-0.25, -0.2) is 9.59 Å². The zero-order chi connectivity index (χ0) is 30.7. The number of hydrogen-bond acceptors (Lipinski definition) is 8. The first-order valence-corrected chi connectivity index (χ1v) is 14.5. The Kier molecular flexibility index (Phi) is 9.33. The maximum absolute atomic E-state index is 12.9. The molecular formula is C32H42N2O8. The van der Waals surface area contributed by atoms with Crippen molar-refractivity contribution in [3.05, 3.63) is 36.4 Å². The molecule has 0 unspecified atom stereocenters. The van der Waals surface area contributed by atoms with Gasteiger partial charge in [0.15, 0.2) is 13.2 Å². The number of nitrogens with zero attached hydrogens (tertiary/aromatic N) is 2. The Balaban J connectivity index is 1.34. The molecule has 10 heteroatoms. The molecule has 2 fully saturated rings. The molecule has 0 radical (unpaired) electrons. The van der Waals surface area contributed by atoms with Crippen LogP contribution in [0.25, 0.3) is 10.8 Å². The maximum atomic E-state index is 12.9. The van der Waals surface area contributed by atoms with Crippen molar-refractivity contribution >= 4 is 34.5 Å². The highest BCUT2D eigenvalue weighted by atomic mass is 16.6. The van der Waals surface area contributed by atoms with Gasteiger partial charge in [-0.2, -0.15) is 0 Å². The molecule has 2 aromatic rings. The van der Waals surface area contributed by atoms with Crippen molar-refractivity contribution in [3.8, 4) is 11.5 Å². The van der Waals surface area contributed by atoms with Gasteiger partial charge in [0.25, 0.3) is 11.8 Å². The fourth-order valence-corrected chi connectivity index (χ4v) is 5.20. The van der Waals surface area contributed by atoms with E-state index in [2.05, 4.69) is 0 Å². The minimum absolute atomic E-state index is 0.204. The summed E-state index contributed by atoms with van der Waals surface area (Å²) in [5.41, 5.74) is -1.24. The SMILES string of the molecule is CC(C)(C)OC(=O)[C@H]1CCCN1C(=O)COc1ccc2ccc(OCC(=O)N3CCC[C@@H]3C(=O)OC(C)(C)C)cc2c1. The first kappa shape index (κ1) is 31.1. The lowest BCUT2D eigenvalue weighted by atomic mass is 10.1. The first-order valence-electron chi connectivity index (χ1n) is 14.5. The van der Waals surface area contributed by atoms with Gasteiger partial charge >= 0.3 is 11.9 Å². The number of fused-ring (bicyclic) bond motifs is 1. The van der Waals surface area contributed by atoms with Crippen molar-refractivity contribution in [2.75, 3.05) is 26.3 Å². The number of hydrogen-bond donors (Lipinski definition) is 0. The number of ether oxygens (including phenoxy) is 4. The van der Waals surface area contributed by atoms with E-state index in [-0.39, 0.29) is 25.0 Å². The molecular weight excluding hydrogens is 540 g/mol. The maximum Gasteiger partial charge on any atom is 0.329 e. The number of esters is 2. The largest absolute Gasteiger partial charge is 0.484 e. The summed E-state index contributed by atoms with van der Waals surface area (Å²) >= 11 is 0. The number of amides is 2. The molecule has 2 saturated heterocycles. The second kappa shape index (κ2) is 12.6. The molecule has 2 aliphatic heterocycles. The van der Waals surface area contributed by atoms with Crippen LogP contribution in [0.4, 0.5) is 0 Å². The second-order valence-electron chi connectivity index (χ2n) is 12.8. The van der Waals surface area contributed by atoms with Gasteiger partial charge in [0.05, 0.1) is 0 Å². The fourth-order valence-electron chi connectivity index (χ4n) is 5.20. The monoisotopic (exact) mass is 582 g/mol. The lowest BCUT2D eigenvalue weighted by Gasteiger charge is -2.27. The van der Waals surface area contributed by atoms with Crippen LogP contribution < -0.4 is 9.47 Å². The van der Waals surface area contributed by atoms with E-state index in [1.165, 1.54) is 9.80 Å². The molecule has 2 aromatic carbocycles. The van der Waals surface area contributed by atoms with Crippen LogP contribution in [0.2, 0.25) is 0 Å². The third-order valence-electron chi connectivity index (χ3n) is 7.01. The summed E-state index contributed by atoms with van der Waals surface area (Å²) in [4.78, 5) is 54.1. The second-order valence-corrected chi connectivity index (χ2v) is 12.8. The number of likely N-dealkylation sites (tertiary alicyclic amines) is 2. The van der Waals surface area contributed by atoms with Crippen LogP contribution in [-0.4, -0.2) is 83.1 Å². The summed E-state index contributed by atoms with van der Waals surface area (Å²) in [6, 6.07) is 9.70. The number of carbonyl (C=O) groups is 4. The van der Waals surface area contributed by atoms with E-state index in [0.717, 1.165) is 23.6 Å². The Labute approximate surface area is 247 Å². The molecule has 2 aliphatic rings. The lowest BCUT2D eigenvalue weighted by Crippen LogP contribution is -2.45. The standard InChI is InChI=1S/C32H42N2O8/c1-31(2,3)41-29(37)25-9-7-15-33(25)27(35)19-39-23-13-11-21-12-14-24(18-22(21)17-23)40-20-28(36)34-16-8-10-26(34)30(38)42-32(4,5)6/h11-14,17-18,25-26H,7-10,15-16,19-20H2,1-6H3/t25-,26-/m1/s1. The van der Waals surface area contributed by atoms with E-state index in [1.54, 1.807) is 65.8 Å². The minimum atomic E-state index is -0.622. The van der Waals surface area contributed by atoms with Gasteiger partial charge in [0.2, 0.25) is 0 Å². The topological polar surface area (TPSA) is 112 Å². The molecule has 2 amide bonds. The van der Waals surface area contributed by atoms with E-state index in [1.807, 2.05) is 12.1 Å². The Morgan fingerprint density at radius 1 is 0.667 bits per heavy atom. The molecule has 2 atom stereocenters. The molecule has 0 N–H and O–H groups in total. The number of carbonyl (C=O) groups excluding carboxylic acids is 4. The molecule has 10 nitrogen and oxygen atoms in total. The van der Waals surface area contributed by atoms with E-state index < -0.39 is 35.2 Å². The molecule has 228 valence electrons. The van der Waals surface area contributed by atoms with Crippen LogP contribution in [0.15, 0.2) is 36.4 Å². The summed E-state index contributed by atoms with van der Waals surface area (Å²) in [6.45, 7) is 11.4. The molecule has 0 bridgehead atoms. The normalized spacial score (nSPS) is 19.1. The minimum Gasteiger partial charge on any atom is -0.484 e. The van der Waals surface area contributed by atoms with Crippen LogP contribution in [-0.2, 0) is 28.7 Å². The summed E-state index contributed by atoms with van der Waals surface area (Å²) in [5.74, 6) is -0.342. The average Bonchev–Trinajstić information content (AvgIpc) is 3.59. The lowest BCUT2D eigenvalue weighted by molar-refractivity contribution is -0.164. The van der Waals surface area contributed by atoms with Gasteiger partial charge in [-0.3, -0.25) is 9.59 Å². The van der Waals surface area contributed by atoms with Crippen molar-refractivity contribution in [1.29, 1.82) is 0 Å². The predicted octanol–water partition coefficient (Wildman–Crippen LogP) is 4.26. The van der Waals surface area contributed by atoms with Crippen molar-refractivity contribution in [2.24, 2.45) is 0 Å². The molecule has 0 aromatic heterocycles. The zero-order valence-electron chi connectivity index (χ0n) is 25.4. The van der Waals surface area contributed by atoms with Gasteiger partial charge in [-0.05, 0) is 102 Å². The van der Waals surface area contributed by atoms with Crippen LogP contribution in [0.5, 0.6) is 11.5 Å². The highest BCUT2D eigenvalue weighted by molar-refractivity contribution is 5.88. The highest BCUT2D eigenvalue weighted by Crippen LogP contribution is 2.27. The average molecular weight is 583 g/mol. The smallest absolute Gasteiger partial charge is 0.329 e. The number of benzene rings is 2. The molecule has 0 spiro atoms. The summed E-state index contributed by atoms with van der Waals surface area (Å²) in [7, 11) is 0. The summed E-state index contributed by atoms with van der Waals surface area (Å²) < 4.78 is 22.6. The fraction of sp³-hybridized carbons (Fsp3) is 0.562. The Hall–Kier alpha value is -3.82. The van der Waals surface area contributed by atoms with E-state index in [4.69, 9.17) is 18.9 Å². The molecule has 0 aliphatic carbocycles. The summed E-state index contributed by atoms with van der Waals surface area (Å²) in [5, 5.41) is 1.74. The third kappa shape index (κ3) is 8.14. The Morgan fingerprint density at radius 2 is 1.07 bits per heavy atom. The van der Waals surface area contributed by atoms with E-state index in [0.29, 0.717) is 37.4 Å². The highest BCUT2D eigenvalue weighted by Gasteiger charge is 2.38. The van der Waals surface area contributed by atoms with Gasteiger partial charge in [0.1, 0.15) is 34.8 Å². The van der Waals surface area contributed by atoms with Crippen LogP contribution in [0, 0.1) is 0 Å². The Morgan fingerprint density at radius 3 is 1.45 bits per heavy atom. The van der Waals surface area contributed by atoms with Crippen molar-refractivity contribution in [3.63, 3.8) is 0 Å². The zero-order valence-corrected chi connectivity index (χ0v) is 25.4.